The van der Waals surface area contributed by atoms with Crippen LogP contribution in [0.5, 0.6) is 0 Å². The van der Waals surface area contributed by atoms with Crippen molar-refractivity contribution >= 4 is 23.5 Å². The zero-order valence-corrected chi connectivity index (χ0v) is 12.5. The average Bonchev–Trinajstić information content (AvgIpc) is 2.82. The third kappa shape index (κ3) is 3.74. The fourth-order valence-electron chi connectivity index (χ4n) is 2.51. The van der Waals surface area contributed by atoms with Crippen LogP contribution >= 0.6 is 11.6 Å². The number of carboxylic acid groups (broad SMARTS) is 1. The van der Waals surface area contributed by atoms with Crippen molar-refractivity contribution in [3.8, 4) is 0 Å². The van der Waals surface area contributed by atoms with E-state index in [0.717, 1.165) is 11.1 Å². The van der Waals surface area contributed by atoms with Gasteiger partial charge >= 0.3 is 5.97 Å². The van der Waals surface area contributed by atoms with Gasteiger partial charge in [-0.15, -0.1) is 0 Å². The number of rotatable bonds is 4. The minimum atomic E-state index is -1.07. The Morgan fingerprint density at radius 2 is 2.14 bits per heavy atom. The Hall–Kier alpha value is -1.59. The molecule has 0 spiro atoms. The van der Waals surface area contributed by atoms with Gasteiger partial charge < -0.3 is 15.1 Å². The van der Waals surface area contributed by atoms with E-state index in [1.165, 1.54) is 4.90 Å². The highest BCUT2D eigenvalue weighted by Gasteiger charge is 2.38. The molecule has 6 heteroatoms. The summed E-state index contributed by atoms with van der Waals surface area (Å²) in [6.45, 7) is 1.99. The molecule has 2 N–H and O–H groups in total. The predicted molar refractivity (Wildman–Crippen MR) is 78.3 cm³/mol. The molecule has 1 fully saturated rings. The minimum Gasteiger partial charge on any atom is -0.480 e. The molecule has 2 rings (SSSR count). The molecular weight excluding hydrogens is 294 g/mol. The SMILES string of the molecule is Cc1ccc(CCC(=O)N2C[C@H](O)C[C@H]2C(=O)O)cc1Cl. The van der Waals surface area contributed by atoms with Gasteiger partial charge in [-0.2, -0.15) is 0 Å². The number of aliphatic carboxylic acids is 1. The molecule has 0 radical (unpaired) electrons. The summed E-state index contributed by atoms with van der Waals surface area (Å²) in [6, 6.07) is 4.69. The molecule has 21 heavy (non-hydrogen) atoms. The first kappa shape index (κ1) is 15.8. The second kappa shape index (κ2) is 6.45. The van der Waals surface area contributed by atoms with Gasteiger partial charge in [0.1, 0.15) is 6.04 Å². The second-order valence-electron chi connectivity index (χ2n) is 5.37. The molecule has 1 aromatic rings. The van der Waals surface area contributed by atoms with Gasteiger partial charge in [-0.3, -0.25) is 4.79 Å². The van der Waals surface area contributed by atoms with Crippen LogP contribution in [0.2, 0.25) is 5.02 Å². The zero-order valence-electron chi connectivity index (χ0n) is 11.8. The van der Waals surface area contributed by atoms with E-state index in [9.17, 15) is 14.7 Å². The molecule has 0 bridgehead atoms. The first-order chi connectivity index (χ1) is 9.88. The van der Waals surface area contributed by atoms with E-state index >= 15 is 0 Å². The molecule has 1 aromatic carbocycles. The Labute approximate surface area is 128 Å². The van der Waals surface area contributed by atoms with E-state index < -0.39 is 18.1 Å². The number of carbonyl (C=O) groups is 2. The number of carboxylic acids is 1. The largest absolute Gasteiger partial charge is 0.480 e. The number of aliphatic hydroxyl groups excluding tert-OH is 1. The highest BCUT2D eigenvalue weighted by atomic mass is 35.5. The summed E-state index contributed by atoms with van der Waals surface area (Å²) in [4.78, 5) is 24.5. The molecule has 114 valence electrons. The van der Waals surface area contributed by atoms with E-state index in [0.29, 0.717) is 11.4 Å². The fourth-order valence-corrected chi connectivity index (χ4v) is 2.71. The van der Waals surface area contributed by atoms with Crippen molar-refractivity contribution in [3.63, 3.8) is 0 Å². The van der Waals surface area contributed by atoms with Crippen LogP contribution in [0, 0.1) is 6.92 Å². The van der Waals surface area contributed by atoms with Crippen molar-refractivity contribution in [1.82, 2.24) is 4.90 Å². The lowest BCUT2D eigenvalue weighted by Gasteiger charge is -2.21. The topological polar surface area (TPSA) is 77.8 Å². The highest BCUT2D eigenvalue weighted by molar-refractivity contribution is 6.31. The Bertz CT molecular complexity index is 561. The molecule has 1 heterocycles. The number of aliphatic hydroxyl groups is 1. The van der Waals surface area contributed by atoms with Crippen LogP contribution in [0.15, 0.2) is 18.2 Å². The Morgan fingerprint density at radius 3 is 2.76 bits per heavy atom. The number of hydrogen-bond donors (Lipinski definition) is 2. The van der Waals surface area contributed by atoms with E-state index in [4.69, 9.17) is 16.7 Å². The maximum absolute atomic E-state index is 12.1. The summed E-state index contributed by atoms with van der Waals surface area (Å²) in [7, 11) is 0. The van der Waals surface area contributed by atoms with Gasteiger partial charge in [0.2, 0.25) is 5.91 Å². The number of β-amino-alcohol motifs (C(OH)–C–C–N with tert-alkyl or cyclic N) is 1. The first-order valence-corrected chi connectivity index (χ1v) is 7.21. The van der Waals surface area contributed by atoms with Gasteiger partial charge in [0.05, 0.1) is 6.10 Å². The van der Waals surface area contributed by atoms with Gasteiger partial charge in [-0.25, -0.2) is 4.79 Å². The number of aryl methyl sites for hydroxylation is 2. The summed E-state index contributed by atoms with van der Waals surface area (Å²) >= 11 is 6.03. The number of hydrogen-bond acceptors (Lipinski definition) is 3. The van der Waals surface area contributed by atoms with Crippen molar-refractivity contribution in [2.75, 3.05) is 6.54 Å². The molecule has 1 aliphatic heterocycles. The summed E-state index contributed by atoms with van der Waals surface area (Å²) in [5, 5.41) is 19.3. The first-order valence-electron chi connectivity index (χ1n) is 6.84. The van der Waals surface area contributed by atoms with Crippen molar-refractivity contribution in [2.24, 2.45) is 0 Å². The monoisotopic (exact) mass is 311 g/mol. The second-order valence-corrected chi connectivity index (χ2v) is 5.78. The summed E-state index contributed by atoms with van der Waals surface area (Å²) in [5.74, 6) is -1.33. The normalized spacial score (nSPS) is 21.6. The molecule has 0 aliphatic carbocycles. The molecule has 1 aliphatic rings. The number of carbonyl (C=O) groups excluding carboxylic acids is 1. The van der Waals surface area contributed by atoms with Gasteiger partial charge in [-0.1, -0.05) is 23.7 Å². The Morgan fingerprint density at radius 1 is 1.43 bits per heavy atom. The van der Waals surface area contributed by atoms with Gasteiger partial charge in [-0.05, 0) is 30.5 Å². The van der Waals surface area contributed by atoms with Crippen LogP contribution in [-0.2, 0) is 16.0 Å². The molecule has 0 saturated carbocycles. The maximum atomic E-state index is 12.1. The summed E-state index contributed by atoms with van der Waals surface area (Å²) < 4.78 is 0. The molecule has 0 aromatic heterocycles. The molecule has 5 nitrogen and oxygen atoms in total. The lowest BCUT2D eigenvalue weighted by Crippen LogP contribution is -2.40. The quantitative estimate of drug-likeness (QED) is 0.886. The van der Waals surface area contributed by atoms with E-state index in [1.807, 2.05) is 25.1 Å². The van der Waals surface area contributed by atoms with Gasteiger partial charge in [0, 0.05) is 24.4 Å². The van der Waals surface area contributed by atoms with Gasteiger partial charge in [0.25, 0.3) is 0 Å². The van der Waals surface area contributed by atoms with E-state index in [1.54, 1.807) is 0 Å². The van der Waals surface area contributed by atoms with Crippen LogP contribution in [0.25, 0.3) is 0 Å². The van der Waals surface area contributed by atoms with Crippen LogP contribution < -0.4 is 0 Å². The Balaban J connectivity index is 1.97. The number of nitrogens with zero attached hydrogens (tertiary/aromatic N) is 1. The summed E-state index contributed by atoms with van der Waals surface area (Å²) in [6.07, 6.45) is 0.0364. The average molecular weight is 312 g/mol. The number of benzene rings is 1. The van der Waals surface area contributed by atoms with Gasteiger partial charge in [0.15, 0.2) is 0 Å². The predicted octanol–water partition coefficient (Wildman–Crippen LogP) is 1.63. The molecular formula is C15H18ClNO4. The molecule has 1 amide bonds. The molecule has 1 saturated heterocycles. The molecule has 0 unspecified atom stereocenters. The third-order valence-electron chi connectivity index (χ3n) is 3.75. The zero-order chi connectivity index (χ0) is 15.6. The number of likely N-dealkylation sites (tertiary alicyclic amines) is 1. The molecule has 2 atom stereocenters. The lowest BCUT2D eigenvalue weighted by atomic mass is 10.1. The van der Waals surface area contributed by atoms with Crippen LogP contribution in [-0.4, -0.2) is 45.7 Å². The van der Waals surface area contributed by atoms with Crippen LogP contribution in [0.3, 0.4) is 0 Å². The smallest absolute Gasteiger partial charge is 0.326 e. The third-order valence-corrected chi connectivity index (χ3v) is 4.16. The fraction of sp³-hybridized carbons (Fsp3) is 0.467. The van der Waals surface area contributed by atoms with Crippen molar-refractivity contribution < 1.29 is 19.8 Å². The van der Waals surface area contributed by atoms with Crippen molar-refractivity contribution in [1.29, 1.82) is 0 Å². The van der Waals surface area contributed by atoms with E-state index in [-0.39, 0.29) is 25.3 Å². The minimum absolute atomic E-state index is 0.0878. The Kier molecular flexibility index (Phi) is 4.85. The number of amides is 1. The van der Waals surface area contributed by atoms with Crippen molar-refractivity contribution in [2.45, 2.75) is 38.3 Å². The summed E-state index contributed by atoms with van der Waals surface area (Å²) in [5.41, 5.74) is 1.91. The van der Waals surface area contributed by atoms with E-state index in [2.05, 4.69) is 0 Å². The van der Waals surface area contributed by atoms with Crippen LogP contribution in [0.4, 0.5) is 0 Å². The number of halogens is 1. The lowest BCUT2D eigenvalue weighted by molar-refractivity contribution is -0.148. The maximum Gasteiger partial charge on any atom is 0.326 e. The highest BCUT2D eigenvalue weighted by Crippen LogP contribution is 2.21. The standard InChI is InChI=1S/C15H18ClNO4/c1-9-2-3-10(6-12(9)16)4-5-14(19)17-8-11(18)7-13(17)15(20)21/h2-3,6,11,13,18H,4-5,7-8H2,1H3,(H,20,21)/t11-,13+/m1/s1. The van der Waals surface area contributed by atoms with Crippen molar-refractivity contribution in [3.05, 3.63) is 34.3 Å². The van der Waals surface area contributed by atoms with Crippen LogP contribution in [0.1, 0.15) is 24.0 Å².